The van der Waals surface area contributed by atoms with E-state index in [1.54, 1.807) is 18.2 Å². The molecule has 88 valence electrons. The van der Waals surface area contributed by atoms with Crippen molar-refractivity contribution >= 4 is 6.29 Å². The molecule has 0 radical (unpaired) electrons. The molecule has 1 fully saturated rings. The van der Waals surface area contributed by atoms with Crippen molar-refractivity contribution < 1.29 is 14.6 Å². The molecule has 0 saturated carbocycles. The van der Waals surface area contributed by atoms with E-state index in [1.165, 1.54) is 25.3 Å². The molecule has 1 unspecified atom stereocenters. The Morgan fingerprint density at radius 2 is 2.25 bits per heavy atom. The van der Waals surface area contributed by atoms with Gasteiger partial charge in [0.2, 0.25) is 0 Å². The molecule has 0 bridgehead atoms. The molecule has 0 amide bonds. The van der Waals surface area contributed by atoms with Crippen LogP contribution in [0.25, 0.3) is 0 Å². The van der Waals surface area contributed by atoms with Gasteiger partial charge in [0, 0.05) is 6.61 Å². The highest BCUT2D eigenvalue weighted by Crippen LogP contribution is 2.13. The van der Waals surface area contributed by atoms with Gasteiger partial charge in [-0.1, -0.05) is 19.1 Å². The molecule has 0 aromatic heterocycles. The van der Waals surface area contributed by atoms with Crippen LogP contribution in [-0.2, 0) is 4.74 Å². The number of aldehydes is 1. The van der Waals surface area contributed by atoms with Crippen LogP contribution >= 0.6 is 0 Å². The molecule has 0 spiro atoms. The minimum atomic E-state index is 0.0347. The predicted octanol–water partition coefficient (Wildman–Crippen LogP) is 2.78. The number of rotatable bonds is 2. The molecule has 3 nitrogen and oxygen atoms in total. The normalized spacial score (nSPS) is 18.7. The van der Waals surface area contributed by atoms with Gasteiger partial charge in [-0.15, -0.1) is 0 Å². The first-order valence-corrected chi connectivity index (χ1v) is 5.62. The number of carbonyl (C=O) groups excluding carboxylic acids is 1. The minimum Gasteiger partial charge on any atom is -0.507 e. The van der Waals surface area contributed by atoms with Gasteiger partial charge in [-0.05, 0) is 31.4 Å². The second-order valence-electron chi connectivity index (χ2n) is 3.72. The van der Waals surface area contributed by atoms with E-state index in [4.69, 9.17) is 9.84 Å². The van der Waals surface area contributed by atoms with Crippen LogP contribution in [-0.4, -0.2) is 24.1 Å². The molecule has 1 aliphatic heterocycles. The summed E-state index contributed by atoms with van der Waals surface area (Å²) in [5.41, 5.74) is 0.331. The smallest absolute Gasteiger partial charge is 0.153 e. The number of phenols is 1. The summed E-state index contributed by atoms with van der Waals surface area (Å²) < 4.78 is 5.30. The average Bonchev–Trinajstić information content (AvgIpc) is 2.83. The van der Waals surface area contributed by atoms with Crippen LogP contribution in [0.4, 0.5) is 0 Å². The third-order valence-electron chi connectivity index (χ3n) is 2.54. The molecule has 1 aromatic rings. The zero-order valence-electron chi connectivity index (χ0n) is 9.56. The Kier molecular flexibility index (Phi) is 5.57. The summed E-state index contributed by atoms with van der Waals surface area (Å²) in [6.45, 7) is 3.18. The maximum absolute atomic E-state index is 10.1. The Bertz CT molecular complexity index is 317. The van der Waals surface area contributed by atoms with Gasteiger partial charge in [0.05, 0.1) is 11.7 Å². The SMILES string of the molecule is CCC1CCCO1.O=Cc1ccccc1O. The van der Waals surface area contributed by atoms with Gasteiger partial charge in [0.15, 0.2) is 6.29 Å². The molecule has 1 saturated heterocycles. The van der Waals surface area contributed by atoms with Crippen LogP contribution in [0.3, 0.4) is 0 Å². The zero-order chi connectivity index (χ0) is 11.8. The number of ether oxygens (including phenoxy) is 1. The fourth-order valence-electron chi connectivity index (χ4n) is 1.55. The standard InChI is InChI=1S/C7H6O2.C6H12O/c8-5-6-3-1-2-4-7(6)9;1-2-6-4-3-5-7-6/h1-5,9H;6H,2-5H2,1H3. The monoisotopic (exact) mass is 222 g/mol. The van der Waals surface area contributed by atoms with E-state index in [-0.39, 0.29) is 5.75 Å². The third kappa shape index (κ3) is 4.03. The van der Waals surface area contributed by atoms with E-state index in [9.17, 15) is 4.79 Å². The molecule has 2 rings (SSSR count). The lowest BCUT2D eigenvalue weighted by Crippen LogP contribution is -2.00. The summed E-state index contributed by atoms with van der Waals surface area (Å²) >= 11 is 0. The molecular formula is C13H18O3. The number of phenolic OH excluding ortho intramolecular Hbond substituents is 1. The molecule has 1 N–H and O–H groups in total. The Labute approximate surface area is 96.1 Å². The number of hydrogen-bond acceptors (Lipinski definition) is 3. The van der Waals surface area contributed by atoms with Crippen molar-refractivity contribution in [1.82, 2.24) is 0 Å². The second-order valence-corrected chi connectivity index (χ2v) is 3.72. The van der Waals surface area contributed by atoms with Crippen LogP contribution in [0.5, 0.6) is 5.75 Å². The first kappa shape index (κ1) is 12.7. The van der Waals surface area contributed by atoms with Gasteiger partial charge in [0.1, 0.15) is 5.75 Å². The minimum absolute atomic E-state index is 0.0347. The topological polar surface area (TPSA) is 46.5 Å². The van der Waals surface area contributed by atoms with Gasteiger partial charge in [0.25, 0.3) is 0 Å². The van der Waals surface area contributed by atoms with E-state index in [0.29, 0.717) is 18.0 Å². The summed E-state index contributed by atoms with van der Waals surface area (Å²) in [6.07, 6.45) is 4.98. The maximum Gasteiger partial charge on any atom is 0.153 e. The Hall–Kier alpha value is -1.35. The third-order valence-corrected chi connectivity index (χ3v) is 2.54. The molecule has 16 heavy (non-hydrogen) atoms. The zero-order valence-corrected chi connectivity index (χ0v) is 9.56. The lowest BCUT2D eigenvalue weighted by molar-refractivity contribution is 0.108. The first-order chi connectivity index (χ1) is 7.77. The summed E-state index contributed by atoms with van der Waals surface area (Å²) in [5.74, 6) is 0.0347. The van der Waals surface area contributed by atoms with Gasteiger partial charge in [-0.3, -0.25) is 4.79 Å². The lowest BCUT2D eigenvalue weighted by atomic mass is 10.2. The van der Waals surface area contributed by atoms with Crippen LogP contribution < -0.4 is 0 Å². The van der Waals surface area contributed by atoms with Crippen molar-refractivity contribution in [2.24, 2.45) is 0 Å². The van der Waals surface area contributed by atoms with Crippen LogP contribution in [0.2, 0.25) is 0 Å². The molecule has 0 aliphatic carbocycles. The van der Waals surface area contributed by atoms with E-state index in [0.717, 1.165) is 6.61 Å². The lowest BCUT2D eigenvalue weighted by Gasteiger charge is -2.01. The van der Waals surface area contributed by atoms with E-state index in [1.807, 2.05) is 0 Å². The summed E-state index contributed by atoms with van der Waals surface area (Å²) in [4.78, 5) is 10.1. The largest absolute Gasteiger partial charge is 0.507 e. The molecule has 1 heterocycles. The second kappa shape index (κ2) is 7.01. The fraction of sp³-hybridized carbons (Fsp3) is 0.462. The molecule has 1 aliphatic rings. The number of carbonyl (C=O) groups is 1. The van der Waals surface area contributed by atoms with Crippen molar-refractivity contribution in [2.45, 2.75) is 32.3 Å². The van der Waals surface area contributed by atoms with Crippen molar-refractivity contribution in [3.63, 3.8) is 0 Å². The number of benzene rings is 1. The predicted molar refractivity (Wildman–Crippen MR) is 62.8 cm³/mol. The van der Waals surface area contributed by atoms with E-state index < -0.39 is 0 Å². The quantitative estimate of drug-likeness (QED) is 0.783. The Morgan fingerprint density at radius 3 is 2.62 bits per heavy atom. The maximum atomic E-state index is 10.1. The summed E-state index contributed by atoms with van der Waals surface area (Å²) in [6, 6.07) is 6.40. The van der Waals surface area contributed by atoms with Crippen LogP contribution in [0.1, 0.15) is 36.5 Å². The molecule has 3 heteroatoms. The van der Waals surface area contributed by atoms with Gasteiger partial charge in [-0.25, -0.2) is 0 Å². The molecule has 1 atom stereocenters. The first-order valence-electron chi connectivity index (χ1n) is 5.62. The Morgan fingerprint density at radius 1 is 1.50 bits per heavy atom. The van der Waals surface area contributed by atoms with E-state index in [2.05, 4.69) is 6.92 Å². The highest BCUT2D eigenvalue weighted by Gasteiger charge is 2.11. The van der Waals surface area contributed by atoms with E-state index >= 15 is 0 Å². The average molecular weight is 222 g/mol. The summed E-state index contributed by atoms with van der Waals surface area (Å²) in [5, 5.41) is 8.88. The van der Waals surface area contributed by atoms with Crippen LogP contribution in [0, 0.1) is 0 Å². The fourth-order valence-corrected chi connectivity index (χ4v) is 1.55. The van der Waals surface area contributed by atoms with Crippen molar-refractivity contribution in [3.8, 4) is 5.75 Å². The number of hydrogen-bond donors (Lipinski definition) is 1. The van der Waals surface area contributed by atoms with Gasteiger partial charge in [-0.2, -0.15) is 0 Å². The van der Waals surface area contributed by atoms with Gasteiger partial charge >= 0.3 is 0 Å². The molecular weight excluding hydrogens is 204 g/mol. The number of para-hydroxylation sites is 1. The van der Waals surface area contributed by atoms with Crippen LogP contribution in [0.15, 0.2) is 24.3 Å². The Balaban J connectivity index is 0.000000165. The molecule has 1 aromatic carbocycles. The highest BCUT2D eigenvalue weighted by atomic mass is 16.5. The number of aromatic hydroxyl groups is 1. The van der Waals surface area contributed by atoms with Gasteiger partial charge < -0.3 is 9.84 Å². The van der Waals surface area contributed by atoms with Crippen molar-refractivity contribution in [2.75, 3.05) is 6.61 Å². The van der Waals surface area contributed by atoms with Crippen molar-refractivity contribution in [1.29, 1.82) is 0 Å². The van der Waals surface area contributed by atoms with Crippen molar-refractivity contribution in [3.05, 3.63) is 29.8 Å². The summed E-state index contributed by atoms with van der Waals surface area (Å²) in [7, 11) is 0. The highest BCUT2D eigenvalue weighted by molar-refractivity contribution is 5.78.